The predicted octanol–water partition coefficient (Wildman–Crippen LogP) is 2.65. The Kier molecular flexibility index (Phi) is 6.03. The van der Waals surface area contributed by atoms with Crippen LogP contribution in [0.2, 0.25) is 5.02 Å². The summed E-state index contributed by atoms with van der Waals surface area (Å²) >= 11 is 7.36. The van der Waals surface area contributed by atoms with Crippen LogP contribution in [0.1, 0.15) is 25.7 Å². The van der Waals surface area contributed by atoms with Crippen molar-refractivity contribution in [1.29, 1.82) is 0 Å². The number of carbonyl (C=O) groups is 2. The molecule has 2 unspecified atom stereocenters. The molecule has 3 rings (SSSR count). The number of hydrogen-bond donors (Lipinski definition) is 3. The molecule has 0 aromatic heterocycles. The van der Waals surface area contributed by atoms with E-state index in [1.807, 2.05) is 6.07 Å². The van der Waals surface area contributed by atoms with Crippen molar-refractivity contribution < 1.29 is 9.59 Å². The summed E-state index contributed by atoms with van der Waals surface area (Å²) in [5, 5.41) is 9.35. The summed E-state index contributed by atoms with van der Waals surface area (Å²) in [4.78, 5) is 25.2. The van der Waals surface area contributed by atoms with Crippen LogP contribution in [0, 0.1) is 5.92 Å². The molecule has 0 bridgehead atoms. The molecule has 1 fully saturated rings. The summed E-state index contributed by atoms with van der Waals surface area (Å²) in [5.74, 6) is 0.438. The Labute approximate surface area is 151 Å². The molecule has 1 aromatic carbocycles. The Morgan fingerprint density at radius 3 is 3.08 bits per heavy atom. The lowest BCUT2D eigenvalue weighted by atomic mass is 9.96. The lowest BCUT2D eigenvalue weighted by molar-refractivity contribution is -0.124. The van der Waals surface area contributed by atoms with Crippen LogP contribution in [0.4, 0.5) is 5.69 Å². The Morgan fingerprint density at radius 2 is 2.29 bits per heavy atom. The number of rotatable bonds is 5. The molecule has 24 heavy (non-hydrogen) atoms. The molecule has 0 spiro atoms. The van der Waals surface area contributed by atoms with E-state index in [2.05, 4.69) is 16.0 Å². The van der Waals surface area contributed by atoms with Gasteiger partial charge >= 0.3 is 0 Å². The lowest BCUT2D eigenvalue weighted by Gasteiger charge is -2.24. The van der Waals surface area contributed by atoms with Gasteiger partial charge in [-0.2, -0.15) is 0 Å². The highest BCUT2D eigenvalue weighted by molar-refractivity contribution is 8.01. The maximum absolute atomic E-state index is 12.2. The number of benzene rings is 1. The van der Waals surface area contributed by atoms with Crippen molar-refractivity contribution in [2.24, 2.45) is 5.92 Å². The van der Waals surface area contributed by atoms with E-state index in [-0.39, 0.29) is 18.2 Å². The highest BCUT2D eigenvalue weighted by Crippen LogP contribution is 2.38. The first kappa shape index (κ1) is 17.6. The summed E-state index contributed by atoms with van der Waals surface area (Å²) in [6.45, 7) is 2.82. The molecule has 1 aromatic rings. The fourth-order valence-electron chi connectivity index (χ4n) is 3.08. The molecule has 7 heteroatoms. The minimum atomic E-state index is -0.393. The van der Waals surface area contributed by atoms with Crippen molar-refractivity contribution in [3.05, 3.63) is 23.2 Å². The number of piperidine rings is 1. The van der Waals surface area contributed by atoms with E-state index in [0.29, 0.717) is 17.5 Å². The second kappa shape index (κ2) is 8.23. The molecule has 1 saturated heterocycles. The summed E-state index contributed by atoms with van der Waals surface area (Å²) in [6, 6.07) is 5.40. The third kappa shape index (κ3) is 4.65. The van der Waals surface area contributed by atoms with Gasteiger partial charge in [0.15, 0.2) is 0 Å². The first-order chi connectivity index (χ1) is 11.6. The monoisotopic (exact) mass is 367 g/mol. The molecular formula is C17H22ClN3O2S. The van der Waals surface area contributed by atoms with Crippen LogP contribution < -0.4 is 16.0 Å². The van der Waals surface area contributed by atoms with Gasteiger partial charge < -0.3 is 16.0 Å². The zero-order valence-electron chi connectivity index (χ0n) is 13.4. The summed E-state index contributed by atoms with van der Waals surface area (Å²) in [7, 11) is 0. The molecule has 2 atom stereocenters. The molecule has 0 aliphatic carbocycles. The standard InChI is InChI=1S/C17H22ClN3O2S/c18-12-3-4-14-13(8-12)21-17(23)15(24-14)9-16(22)20-7-5-11-2-1-6-19-10-11/h3-4,8,11,15,19H,1-2,5-7,9-10H2,(H,20,22)(H,21,23). The van der Waals surface area contributed by atoms with Gasteiger partial charge in [0.1, 0.15) is 0 Å². The first-order valence-corrected chi connectivity index (χ1v) is 9.62. The van der Waals surface area contributed by atoms with Gasteiger partial charge in [-0.25, -0.2) is 0 Å². The largest absolute Gasteiger partial charge is 0.356 e. The zero-order chi connectivity index (χ0) is 16.9. The Balaban J connectivity index is 1.46. The zero-order valence-corrected chi connectivity index (χ0v) is 15.0. The van der Waals surface area contributed by atoms with Crippen LogP contribution in [-0.2, 0) is 9.59 Å². The third-order valence-corrected chi connectivity index (χ3v) is 5.92. The highest BCUT2D eigenvalue weighted by atomic mass is 35.5. The maximum Gasteiger partial charge on any atom is 0.238 e. The fraction of sp³-hybridized carbons (Fsp3) is 0.529. The number of anilines is 1. The van der Waals surface area contributed by atoms with Gasteiger partial charge in [0.05, 0.1) is 10.9 Å². The summed E-state index contributed by atoms with van der Waals surface area (Å²) < 4.78 is 0. The van der Waals surface area contributed by atoms with Gasteiger partial charge in [-0.1, -0.05) is 11.6 Å². The van der Waals surface area contributed by atoms with Crippen LogP contribution in [0.3, 0.4) is 0 Å². The Bertz CT molecular complexity index is 620. The average Bonchev–Trinajstić information content (AvgIpc) is 2.57. The van der Waals surface area contributed by atoms with Crippen molar-refractivity contribution in [2.75, 3.05) is 25.0 Å². The number of fused-ring (bicyclic) bond motifs is 1. The van der Waals surface area contributed by atoms with Crippen molar-refractivity contribution in [1.82, 2.24) is 10.6 Å². The second-order valence-corrected chi connectivity index (χ2v) is 7.97. The van der Waals surface area contributed by atoms with Crippen LogP contribution in [-0.4, -0.2) is 36.7 Å². The quantitative estimate of drug-likeness (QED) is 0.748. The number of hydrogen-bond acceptors (Lipinski definition) is 4. The molecule has 2 amide bonds. The van der Waals surface area contributed by atoms with Crippen molar-refractivity contribution in [3.63, 3.8) is 0 Å². The SMILES string of the molecule is O=C(CC1Sc2ccc(Cl)cc2NC1=O)NCCC1CCCNC1. The predicted molar refractivity (Wildman–Crippen MR) is 97.6 cm³/mol. The van der Waals surface area contributed by atoms with Crippen LogP contribution >= 0.6 is 23.4 Å². The highest BCUT2D eigenvalue weighted by Gasteiger charge is 2.29. The number of thioether (sulfide) groups is 1. The lowest BCUT2D eigenvalue weighted by Crippen LogP contribution is -2.36. The van der Waals surface area contributed by atoms with Gasteiger partial charge in [-0.3, -0.25) is 9.59 Å². The second-order valence-electron chi connectivity index (χ2n) is 6.29. The third-order valence-electron chi connectivity index (χ3n) is 4.41. The van der Waals surface area contributed by atoms with Crippen molar-refractivity contribution >= 4 is 40.9 Å². The molecule has 2 aliphatic heterocycles. The van der Waals surface area contributed by atoms with Gasteiger partial charge in [0, 0.05) is 22.9 Å². The molecule has 5 nitrogen and oxygen atoms in total. The van der Waals surface area contributed by atoms with Gasteiger partial charge in [-0.05, 0) is 56.5 Å². The molecule has 3 N–H and O–H groups in total. The van der Waals surface area contributed by atoms with E-state index in [4.69, 9.17) is 11.6 Å². The minimum absolute atomic E-state index is 0.0659. The van der Waals surface area contributed by atoms with E-state index < -0.39 is 5.25 Å². The van der Waals surface area contributed by atoms with Crippen molar-refractivity contribution in [3.8, 4) is 0 Å². The number of carbonyl (C=O) groups excluding carboxylic acids is 2. The van der Waals surface area contributed by atoms with Crippen LogP contribution in [0.15, 0.2) is 23.1 Å². The Hall–Kier alpha value is -1.24. The van der Waals surface area contributed by atoms with Crippen LogP contribution in [0.5, 0.6) is 0 Å². The molecule has 130 valence electrons. The number of halogens is 1. The molecule has 0 radical (unpaired) electrons. The first-order valence-electron chi connectivity index (χ1n) is 8.36. The maximum atomic E-state index is 12.2. The smallest absolute Gasteiger partial charge is 0.238 e. The molecular weight excluding hydrogens is 346 g/mol. The van der Waals surface area contributed by atoms with Crippen LogP contribution in [0.25, 0.3) is 0 Å². The molecule has 2 heterocycles. The Morgan fingerprint density at radius 1 is 1.42 bits per heavy atom. The number of nitrogens with one attached hydrogen (secondary N) is 3. The van der Waals surface area contributed by atoms with E-state index in [1.54, 1.807) is 12.1 Å². The minimum Gasteiger partial charge on any atom is -0.356 e. The van der Waals surface area contributed by atoms with Gasteiger partial charge in [0.2, 0.25) is 11.8 Å². The van der Waals surface area contributed by atoms with Gasteiger partial charge in [0.25, 0.3) is 0 Å². The van der Waals surface area contributed by atoms with E-state index in [1.165, 1.54) is 24.6 Å². The van der Waals surface area contributed by atoms with Gasteiger partial charge in [-0.15, -0.1) is 11.8 Å². The van der Waals surface area contributed by atoms with Crippen molar-refractivity contribution in [2.45, 2.75) is 35.8 Å². The van der Waals surface area contributed by atoms with E-state index in [9.17, 15) is 9.59 Å². The molecule has 2 aliphatic rings. The summed E-state index contributed by atoms with van der Waals surface area (Å²) in [5.41, 5.74) is 0.721. The number of amides is 2. The molecule has 0 saturated carbocycles. The topological polar surface area (TPSA) is 70.2 Å². The summed E-state index contributed by atoms with van der Waals surface area (Å²) in [6.07, 6.45) is 3.62. The van der Waals surface area contributed by atoms with E-state index in [0.717, 1.165) is 30.1 Å². The fourth-order valence-corrected chi connectivity index (χ4v) is 4.35. The average molecular weight is 368 g/mol. The van der Waals surface area contributed by atoms with E-state index >= 15 is 0 Å². The normalized spacial score (nSPS) is 23.3.